The van der Waals surface area contributed by atoms with Crippen molar-refractivity contribution in [3.8, 4) is 0 Å². The first kappa shape index (κ1) is 11.7. The number of carbonyl (C=O) groups is 1. The van der Waals surface area contributed by atoms with E-state index in [1.807, 2.05) is 0 Å². The highest BCUT2D eigenvalue weighted by molar-refractivity contribution is 9.10. The van der Waals surface area contributed by atoms with Gasteiger partial charge in [-0.25, -0.2) is 4.39 Å². The fourth-order valence-corrected chi connectivity index (χ4v) is 1.50. The first-order chi connectivity index (χ1) is 6.43. The molecule has 0 aliphatic carbocycles. The second-order valence-corrected chi connectivity index (χ2v) is 4.53. The number of hydrogen-bond acceptors (Lipinski definition) is 1. The Morgan fingerprint density at radius 2 is 2.07 bits per heavy atom. The standard InChI is InChI=1S/C10H9BrClFO/c1-5(2)10(14)6-3-8(12)7(11)4-9(6)13/h3-5H,1-2H3. The number of hydrogen-bond donors (Lipinski definition) is 0. The van der Waals surface area contributed by atoms with Crippen molar-refractivity contribution in [1.29, 1.82) is 0 Å². The van der Waals surface area contributed by atoms with Crippen molar-refractivity contribution in [2.24, 2.45) is 5.92 Å². The smallest absolute Gasteiger partial charge is 0.168 e. The lowest BCUT2D eigenvalue weighted by atomic mass is 10.0. The Bertz CT molecular complexity index is 377. The van der Waals surface area contributed by atoms with Gasteiger partial charge in [-0.05, 0) is 28.1 Å². The zero-order valence-corrected chi connectivity index (χ0v) is 10.1. The summed E-state index contributed by atoms with van der Waals surface area (Å²) in [6.45, 7) is 3.44. The highest BCUT2D eigenvalue weighted by Gasteiger charge is 2.16. The number of halogens is 3. The van der Waals surface area contributed by atoms with Crippen molar-refractivity contribution >= 4 is 33.3 Å². The van der Waals surface area contributed by atoms with Crippen molar-refractivity contribution < 1.29 is 9.18 Å². The van der Waals surface area contributed by atoms with E-state index in [9.17, 15) is 9.18 Å². The average molecular weight is 280 g/mol. The maximum Gasteiger partial charge on any atom is 0.168 e. The Morgan fingerprint density at radius 3 is 2.57 bits per heavy atom. The van der Waals surface area contributed by atoms with Gasteiger partial charge in [0.2, 0.25) is 0 Å². The lowest BCUT2D eigenvalue weighted by Crippen LogP contribution is -2.09. The maximum absolute atomic E-state index is 13.3. The van der Waals surface area contributed by atoms with Crippen molar-refractivity contribution in [1.82, 2.24) is 0 Å². The number of rotatable bonds is 2. The van der Waals surface area contributed by atoms with E-state index in [1.54, 1.807) is 13.8 Å². The molecule has 14 heavy (non-hydrogen) atoms. The second-order valence-electron chi connectivity index (χ2n) is 3.27. The predicted octanol–water partition coefficient (Wildman–Crippen LogP) is 4.08. The van der Waals surface area contributed by atoms with Crippen LogP contribution >= 0.6 is 27.5 Å². The van der Waals surface area contributed by atoms with Gasteiger partial charge in [0.25, 0.3) is 0 Å². The molecule has 0 amide bonds. The monoisotopic (exact) mass is 278 g/mol. The minimum atomic E-state index is -0.542. The van der Waals surface area contributed by atoms with Gasteiger partial charge in [-0.3, -0.25) is 4.79 Å². The van der Waals surface area contributed by atoms with Crippen LogP contribution in [0, 0.1) is 11.7 Å². The summed E-state index contributed by atoms with van der Waals surface area (Å²) < 4.78 is 13.8. The summed E-state index contributed by atoms with van der Waals surface area (Å²) >= 11 is 8.85. The van der Waals surface area contributed by atoms with Crippen LogP contribution in [0.1, 0.15) is 24.2 Å². The highest BCUT2D eigenvalue weighted by atomic mass is 79.9. The number of carbonyl (C=O) groups excluding carboxylic acids is 1. The molecule has 0 unspecified atom stereocenters. The lowest BCUT2D eigenvalue weighted by Gasteiger charge is -2.06. The summed E-state index contributed by atoms with van der Waals surface area (Å²) in [7, 11) is 0. The molecule has 1 rings (SSSR count). The fourth-order valence-electron chi connectivity index (χ4n) is 1.02. The number of benzene rings is 1. The molecule has 0 aromatic heterocycles. The summed E-state index contributed by atoms with van der Waals surface area (Å²) in [5, 5.41) is 0.343. The van der Waals surface area contributed by atoms with Crippen molar-refractivity contribution in [3.05, 3.63) is 33.0 Å². The van der Waals surface area contributed by atoms with Crippen LogP contribution in [0.4, 0.5) is 4.39 Å². The molecule has 0 N–H and O–H groups in total. The van der Waals surface area contributed by atoms with Crippen LogP contribution in [0.3, 0.4) is 0 Å². The van der Waals surface area contributed by atoms with Crippen molar-refractivity contribution in [3.63, 3.8) is 0 Å². The van der Waals surface area contributed by atoms with Crippen LogP contribution in [-0.2, 0) is 0 Å². The molecular formula is C10H9BrClFO. The highest BCUT2D eigenvalue weighted by Crippen LogP contribution is 2.26. The molecule has 4 heteroatoms. The first-order valence-electron chi connectivity index (χ1n) is 4.12. The third-order valence-corrected chi connectivity index (χ3v) is 3.00. The van der Waals surface area contributed by atoms with E-state index in [4.69, 9.17) is 11.6 Å². The Labute approximate surface area is 95.4 Å². The van der Waals surface area contributed by atoms with Gasteiger partial charge in [0.1, 0.15) is 5.82 Å². The lowest BCUT2D eigenvalue weighted by molar-refractivity contribution is 0.0935. The topological polar surface area (TPSA) is 17.1 Å². The van der Waals surface area contributed by atoms with Gasteiger partial charge in [0.05, 0.1) is 10.6 Å². The van der Waals surface area contributed by atoms with Gasteiger partial charge in [0.15, 0.2) is 5.78 Å². The molecule has 0 saturated carbocycles. The van der Waals surface area contributed by atoms with Gasteiger partial charge in [-0.2, -0.15) is 0 Å². The van der Waals surface area contributed by atoms with Gasteiger partial charge >= 0.3 is 0 Å². The molecule has 0 fully saturated rings. The van der Waals surface area contributed by atoms with E-state index < -0.39 is 5.82 Å². The van der Waals surface area contributed by atoms with E-state index >= 15 is 0 Å². The van der Waals surface area contributed by atoms with Crippen LogP contribution in [-0.4, -0.2) is 5.78 Å². The predicted molar refractivity (Wildman–Crippen MR) is 58.3 cm³/mol. The minimum Gasteiger partial charge on any atom is -0.294 e. The molecule has 1 aromatic rings. The largest absolute Gasteiger partial charge is 0.294 e. The van der Waals surface area contributed by atoms with Crippen molar-refractivity contribution in [2.75, 3.05) is 0 Å². The summed E-state index contributed by atoms with van der Waals surface area (Å²) in [4.78, 5) is 11.5. The number of Topliss-reactive ketones (excluding diaryl/α,β-unsaturated/α-hetero) is 1. The van der Waals surface area contributed by atoms with Crippen LogP contribution in [0.5, 0.6) is 0 Å². The van der Waals surface area contributed by atoms with E-state index in [1.165, 1.54) is 12.1 Å². The number of ketones is 1. The van der Waals surface area contributed by atoms with Crippen molar-refractivity contribution in [2.45, 2.75) is 13.8 Å². The molecule has 0 aliphatic rings. The Hall–Kier alpha value is -0.410. The zero-order chi connectivity index (χ0) is 10.9. The summed E-state index contributed by atoms with van der Waals surface area (Å²) in [5.41, 5.74) is 0.0493. The van der Waals surface area contributed by atoms with Gasteiger partial charge in [-0.1, -0.05) is 25.4 Å². The van der Waals surface area contributed by atoms with Gasteiger partial charge in [-0.15, -0.1) is 0 Å². The minimum absolute atomic E-state index is 0.0493. The van der Waals surface area contributed by atoms with E-state index in [-0.39, 0.29) is 17.3 Å². The molecule has 0 radical (unpaired) electrons. The van der Waals surface area contributed by atoms with Crippen LogP contribution < -0.4 is 0 Å². The van der Waals surface area contributed by atoms with Gasteiger partial charge in [0, 0.05) is 10.4 Å². The maximum atomic E-state index is 13.3. The average Bonchev–Trinajstić information content (AvgIpc) is 2.10. The third kappa shape index (κ3) is 2.34. The first-order valence-corrected chi connectivity index (χ1v) is 5.29. The molecule has 76 valence electrons. The molecule has 0 bridgehead atoms. The summed E-state index contributed by atoms with van der Waals surface area (Å²) in [6.07, 6.45) is 0. The van der Waals surface area contributed by atoms with E-state index in [0.717, 1.165) is 0 Å². The fraction of sp³-hybridized carbons (Fsp3) is 0.300. The molecule has 0 saturated heterocycles. The quantitative estimate of drug-likeness (QED) is 0.589. The Morgan fingerprint density at radius 1 is 1.50 bits per heavy atom. The molecule has 0 atom stereocenters. The summed E-state index contributed by atoms with van der Waals surface area (Å²) in [5.74, 6) is -1.02. The molecule has 0 spiro atoms. The third-order valence-electron chi connectivity index (χ3n) is 1.80. The molecular weight excluding hydrogens is 270 g/mol. The zero-order valence-electron chi connectivity index (χ0n) is 7.77. The Balaban J connectivity index is 3.22. The van der Waals surface area contributed by atoms with Crippen LogP contribution in [0.25, 0.3) is 0 Å². The SMILES string of the molecule is CC(C)C(=O)c1cc(Cl)c(Br)cc1F. The molecule has 1 aromatic carbocycles. The molecule has 0 heterocycles. The molecule has 1 nitrogen and oxygen atoms in total. The van der Waals surface area contributed by atoms with Crippen LogP contribution in [0.2, 0.25) is 5.02 Å². The summed E-state index contributed by atoms with van der Waals surface area (Å²) in [6, 6.07) is 2.56. The second kappa shape index (κ2) is 4.41. The normalized spacial score (nSPS) is 10.7. The van der Waals surface area contributed by atoms with E-state index in [0.29, 0.717) is 9.50 Å². The van der Waals surface area contributed by atoms with E-state index in [2.05, 4.69) is 15.9 Å². The van der Waals surface area contributed by atoms with Gasteiger partial charge < -0.3 is 0 Å². The molecule has 0 aliphatic heterocycles. The Kier molecular flexibility index (Phi) is 3.67. The van der Waals surface area contributed by atoms with Crippen LogP contribution in [0.15, 0.2) is 16.6 Å².